The predicted octanol–water partition coefficient (Wildman–Crippen LogP) is 3.97. The molecule has 8 nitrogen and oxygen atoms in total. The molecule has 1 amide bonds. The van der Waals surface area contributed by atoms with Crippen molar-refractivity contribution in [1.29, 1.82) is 0 Å². The van der Waals surface area contributed by atoms with Crippen molar-refractivity contribution in [3.05, 3.63) is 69.2 Å². The van der Waals surface area contributed by atoms with Crippen LogP contribution in [0.3, 0.4) is 0 Å². The number of rotatable bonds is 4. The first kappa shape index (κ1) is 23.8. The largest absolute Gasteiger partial charge is 0.437 e. The fraction of sp³-hybridized carbons (Fsp3) is 0.318. The number of hydrogen-bond acceptors (Lipinski definition) is 6. The molecule has 34 heavy (non-hydrogen) atoms. The quantitative estimate of drug-likeness (QED) is 0.544. The fourth-order valence-corrected chi connectivity index (χ4v) is 3.60. The maximum absolute atomic E-state index is 12.8. The molecule has 2 heterocycles. The summed E-state index contributed by atoms with van der Waals surface area (Å²) in [5.41, 5.74) is -0.218. The number of alkyl halides is 3. The van der Waals surface area contributed by atoms with Crippen LogP contribution in [-0.2, 0) is 12.7 Å². The minimum atomic E-state index is -4.48. The van der Waals surface area contributed by atoms with Crippen LogP contribution >= 0.6 is 11.6 Å². The number of amides is 1. The van der Waals surface area contributed by atoms with E-state index in [1.807, 2.05) is 7.05 Å². The third kappa shape index (κ3) is 5.42. The Hall–Kier alpha value is -3.31. The van der Waals surface area contributed by atoms with Crippen LogP contribution in [-0.4, -0.2) is 58.9 Å². The Kier molecular flexibility index (Phi) is 6.67. The van der Waals surface area contributed by atoms with Crippen LogP contribution in [0.15, 0.2) is 51.7 Å². The highest BCUT2D eigenvalue weighted by Crippen LogP contribution is 2.30. The Morgan fingerprint density at radius 2 is 1.79 bits per heavy atom. The van der Waals surface area contributed by atoms with E-state index in [1.54, 1.807) is 11.0 Å². The van der Waals surface area contributed by atoms with Gasteiger partial charge in [-0.3, -0.25) is 0 Å². The lowest BCUT2D eigenvalue weighted by molar-refractivity contribution is -0.137. The van der Waals surface area contributed by atoms with E-state index in [4.69, 9.17) is 20.8 Å². The maximum atomic E-state index is 12.8. The van der Waals surface area contributed by atoms with Gasteiger partial charge in [-0.25, -0.2) is 9.59 Å². The normalized spacial score (nSPS) is 14.9. The highest BCUT2D eigenvalue weighted by atomic mass is 35.5. The smallest absolute Gasteiger partial charge is 0.410 e. The van der Waals surface area contributed by atoms with Crippen molar-refractivity contribution < 1.29 is 27.1 Å². The van der Waals surface area contributed by atoms with Gasteiger partial charge in [0.25, 0.3) is 0 Å². The Morgan fingerprint density at radius 3 is 2.44 bits per heavy atom. The predicted molar refractivity (Wildman–Crippen MR) is 117 cm³/mol. The monoisotopic (exact) mass is 496 g/mol. The molecular weight excluding hydrogens is 477 g/mol. The lowest BCUT2D eigenvalue weighted by atomic mass is 10.1. The molecule has 1 aliphatic heterocycles. The van der Waals surface area contributed by atoms with E-state index >= 15 is 0 Å². The van der Waals surface area contributed by atoms with Crippen LogP contribution in [0.2, 0.25) is 5.02 Å². The van der Waals surface area contributed by atoms with Crippen LogP contribution in [0.5, 0.6) is 5.75 Å². The van der Waals surface area contributed by atoms with Crippen molar-refractivity contribution in [3.63, 3.8) is 0 Å². The van der Waals surface area contributed by atoms with E-state index in [0.29, 0.717) is 23.7 Å². The standard InChI is InChI=1S/C22H20ClF3N4O4/c1-28-8-10-29(11-9-28)20(31)33-18-7-6-17(23)12-15(18)13-30-21(32)34-19(27-30)14-2-4-16(5-3-14)22(24,25)26/h2-7,12H,8-11,13H2,1H3. The molecule has 0 spiro atoms. The second kappa shape index (κ2) is 9.51. The second-order valence-corrected chi connectivity index (χ2v) is 8.25. The molecule has 0 unspecified atom stereocenters. The molecule has 3 aromatic rings. The minimum Gasteiger partial charge on any atom is -0.410 e. The van der Waals surface area contributed by atoms with Gasteiger partial charge in [0.05, 0.1) is 12.1 Å². The van der Waals surface area contributed by atoms with E-state index in [-0.39, 0.29) is 23.7 Å². The number of halogens is 4. The number of ether oxygens (including phenoxy) is 1. The van der Waals surface area contributed by atoms with Crippen LogP contribution in [0.4, 0.5) is 18.0 Å². The van der Waals surface area contributed by atoms with Gasteiger partial charge >= 0.3 is 18.0 Å². The summed E-state index contributed by atoms with van der Waals surface area (Å²) in [5.74, 6) is -0.762. The van der Waals surface area contributed by atoms with Crippen LogP contribution < -0.4 is 10.5 Å². The third-order valence-electron chi connectivity index (χ3n) is 5.37. The molecule has 4 rings (SSSR count). The van der Waals surface area contributed by atoms with Gasteiger partial charge in [-0.05, 0) is 49.5 Å². The summed E-state index contributed by atoms with van der Waals surface area (Å²) >= 11 is 6.10. The van der Waals surface area contributed by atoms with Crippen molar-refractivity contribution in [1.82, 2.24) is 19.6 Å². The average molecular weight is 497 g/mol. The molecule has 0 atom stereocenters. The Bertz CT molecular complexity index is 1230. The summed E-state index contributed by atoms with van der Waals surface area (Å²) in [5, 5.41) is 4.43. The summed E-state index contributed by atoms with van der Waals surface area (Å²) in [7, 11) is 1.97. The lowest BCUT2D eigenvalue weighted by Gasteiger charge is -2.31. The van der Waals surface area contributed by atoms with Crippen molar-refractivity contribution >= 4 is 17.7 Å². The summed E-state index contributed by atoms with van der Waals surface area (Å²) in [6, 6.07) is 8.70. The van der Waals surface area contributed by atoms with Crippen LogP contribution in [0, 0.1) is 0 Å². The number of likely N-dealkylation sites (N-methyl/N-ethyl adjacent to an activating group) is 1. The second-order valence-electron chi connectivity index (χ2n) is 7.82. The molecule has 2 aromatic carbocycles. The zero-order valence-corrected chi connectivity index (χ0v) is 18.8. The first-order valence-corrected chi connectivity index (χ1v) is 10.7. The third-order valence-corrected chi connectivity index (χ3v) is 5.60. The number of carbonyl (C=O) groups is 1. The Labute approximate surface area is 197 Å². The van der Waals surface area contributed by atoms with Crippen LogP contribution in [0.25, 0.3) is 11.5 Å². The van der Waals surface area contributed by atoms with Crippen LogP contribution in [0.1, 0.15) is 11.1 Å². The average Bonchev–Trinajstić information content (AvgIpc) is 3.15. The van der Waals surface area contributed by atoms with E-state index in [0.717, 1.165) is 29.9 Å². The first-order valence-electron chi connectivity index (χ1n) is 10.3. The molecule has 1 saturated heterocycles. The van der Waals surface area contributed by atoms with Crippen molar-refractivity contribution in [2.75, 3.05) is 33.2 Å². The van der Waals surface area contributed by atoms with Gasteiger partial charge in [0.15, 0.2) is 0 Å². The Balaban J connectivity index is 1.54. The van der Waals surface area contributed by atoms with Gasteiger partial charge < -0.3 is 19.0 Å². The molecule has 0 bridgehead atoms. The molecule has 12 heteroatoms. The SMILES string of the molecule is CN1CCN(C(=O)Oc2ccc(Cl)cc2Cn2nc(-c3ccc(C(F)(F)F)cc3)oc2=O)CC1. The summed E-state index contributed by atoms with van der Waals surface area (Å²) in [6.07, 6.45) is -5.00. The molecule has 0 radical (unpaired) electrons. The number of hydrogen-bond donors (Lipinski definition) is 0. The van der Waals surface area contributed by atoms with Gasteiger partial charge in [0, 0.05) is 42.3 Å². The first-order chi connectivity index (χ1) is 16.1. The summed E-state index contributed by atoms with van der Waals surface area (Å²) in [4.78, 5) is 28.6. The van der Waals surface area contributed by atoms with Gasteiger partial charge in [-0.15, -0.1) is 5.10 Å². The van der Waals surface area contributed by atoms with Gasteiger partial charge in [-0.2, -0.15) is 17.9 Å². The zero-order chi connectivity index (χ0) is 24.5. The summed E-state index contributed by atoms with van der Waals surface area (Å²) < 4.78 is 50.0. The van der Waals surface area contributed by atoms with Crippen molar-refractivity contribution in [3.8, 4) is 17.2 Å². The molecule has 1 aromatic heterocycles. The van der Waals surface area contributed by atoms with E-state index in [1.165, 1.54) is 24.3 Å². The Morgan fingerprint density at radius 1 is 1.12 bits per heavy atom. The molecule has 0 N–H and O–H groups in total. The highest BCUT2D eigenvalue weighted by Gasteiger charge is 2.30. The van der Waals surface area contributed by atoms with Crippen molar-refractivity contribution in [2.24, 2.45) is 0 Å². The number of carbonyl (C=O) groups excluding carboxylic acids is 1. The van der Waals surface area contributed by atoms with Gasteiger partial charge in [0.2, 0.25) is 5.89 Å². The van der Waals surface area contributed by atoms with Gasteiger partial charge in [0.1, 0.15) is 5.75 Å². The van der Waals surface area contributed by atoms with Gasteiger partial charge in [-0.1, -0.05) is 11.6 Å². The molecule has 1 aliphatic rings. The minimum absolute atomic E-state index is 0.130. The topological polar surface area (TPSA) is 80.8 Å². The van der Waals surface area contributed by atoms with Crippen molar-refractivity contribution in [2.45, 2.75) is 12.7 Å². The van der Waals surface area contributed by atoms with E-state index in [9.17, 15) is 22.8 Å². The lowest BCUT2D eigenvalue weighted by Crippen LogP contribution is -2.48. The highest BCUT2D eigenvalue weighted by molar-refractivity contribution is 6.30. The molecule has 0 saturated carbocycles. The summed E-state index contributed by atoms with van der Waals surface area (Å²) in [6.45, 7) is 2.37. The number of piperazine rings is 1. The van der Waals surface area contributed by atoms with E-state index in [2.05, 4.69) is 10.00 Å². The molecule has 1 fully saturated rings. The van der Waals surface area contributed by atoms with E-state index < -0.39 is 23.6 Å². The number of benzene rings is 2. The molecule has 180 valence electrons. The zero-order valence-electron chi connectivity index (χ0n) is 18.0. The maximum Gasteiger partial charge on any atom is 0.437 e. The molecular formula is C22H20ClF3N4O4. The molecule has 0 aliphatic carbocycles. The number of nitrogens with zero attached hydrogens (tertiary/aromatic N) is 4. The fourth-order valence-electron chi connectivity index (χ4n) is 3.40. The number of aromatic nitrogens is 2.